The summed E-state index contributed by atoms with van der Waals surface area (Å²) < 4.78 is 31.1. The molecule has 0 bridgehead atoms. The zero-order chi connectivity index (χ0) is 15.4. The molecule has 0 saturated heterocycles. The van der Waals surface area contributed by atoms with Gasteiger partial charge in [-0.1, -0.05) is 6.07 Å². The molecule has 0 amide bonds. The quantitative estimate of drug-likeness (QED) is 0.639. The first kappa shape index (κ1) is 14.4. The number of ether oxygens (including phenoxy) is 1. The van der Waals surface area contributed by atoms with Crippen molar-refractivity contribution in [1.82, 2.24) is 0 Å². The monoisotopic (exact) mass is 290 g/mol. The van der Waals surface area contributed by atoms with Crippen LogP contribution in [0.25, 0.3) is 0 Å². The zero-order valence-electron chi connectivity index (χ0n) is 10.5. The molecule has 2 aromatic rings. The number of hydrogen-bond acceptors (Lipinski definition) is 4. The standard InChI is InChI=1S/C14H8F2N2O3/c15-11-3-1-10(5-12(11)16)8-21-14-4-2-9(7-17)6-13(14)18(19)20/h1-6H,8H2. The summed E-state index contributed by atoms with van der Waals surface area (Å²) >= 11 is 0. The molecule has 0 fully saturated rings. The van der Waals surface area contributed by atoms with E-state index in [4.69, 9.17) is 10.00 Å². The van der Waals surface area contributed by atoms with Crippen LogP contribution in [0.15, 0.2) is 36.4 Å². The predicted octanol–water partition coefficient (Wildman–Crippen LogP) is 3.32. The number of nitrogens with zero attached hydrogens (tertiary/aromatic N) is 2. The molecule has 0 atom stereocenters. The minimum atomic E-state index is -1.02. The van der Waals surface area contributed by atoms with Gasteiger partial charge in [-0.2, -0.15) is 5.26 Å². The minimum absolute atomic E-state index is 0.0521. The summed E-state index contributed by atoms with van der Waals surface area (Å²) in [5.74, 6) is -2.06. The first-order valence-corrected chi connectivity index (χ1v) is 5.76. The average molecular weight is 290 g/mol. The largest absolute Gasteiger partial charge is 0.482 e. The number of hydrogen-bond donors (Lipinski definition) is 0. The van der Waals surface area contributed by atoms with Gasteiger partial charge in [0.2, 0.25) is 0 Å². The molecule has 2 aromatic carbocycles. The molecular formula is C14H8F2N2O3. The third-order valence-electron chi connectivity index (χ3n) is 2.66. The Morgan fingerprint density at radius 3 is 2.57 bits per heavy atom. The molecule has 5 nitrogen and oxygen atoms in total. The fourth-order valence-corrected chi connectivity index (χ4v) is 1.64. The molecule has 0 spiro atoms. The molecule has 0 aliphatic heterocycles. The van der Waals surface area contributed by atoms with E-state index < -0.39 is 16.6 Å². The molecule has 21 heavy (non-hydrogen) atoms. The van der Waals surface area contributed by atoms with Crippen molar-refractivity contribution in [3.63, 3.8) is 0 Å². The van der Waals surface area contributed by atoms with Crippen molar-refractivity contribution < 1.29 is 18.4 Å². The maximum Gasteiger partial charge on any atom is 0.312 e. The van der Waals surface area contributed by atoms with Crippen LogP contribution in [0.2, 0.25) is 0 Å². The van der Waals surface area contributed by atoms with Gasteiger partial charge in [-0.15, -0.1) is 0 Å². The third-order valence-corrected chi connectivity index (χ3v) is 2.66. The van der Waals surface area contributed by atoms with E-state index in [0.717, 1.165) is 18.2 Å². The van der Waals surface area contributed by atoms with E-state index in [2.05, 4.69) is 0 Å². The average Bonchev–Trinajstić information content (AvgIpc) is 2.48. The Morgan fingerprint density at radius 2 is 1.95 bits per heavy atom. The highest BCUT2D eigenvalue weighted by molar-refractivity contribution is 5.51. The summed E-state index contributed by atoms with van der Waals surface area (Å²) in [4.78, 5) is 10.2. The molecule has 0 N–H and O–H groups in total. The van der Waals surface area contributed by atoms with Crippen molar-refractivity contribution in [1.29, 1.82) is 5.26 Å². The van der Waals surface area contributed by atoms with E-state index >= 15 is 0 Å². The Labute approximate surface area is 118 Å². The van der Waals surface area contributed by atoms with Gasteiger partial charge in [0.05, 0.1) is 16.6 Å². The summed E-state index contributed by atoms with van der Waals surface area (Å²) in [5.41, 5.74) is 0.0890. The van der Waals surface area contributed by atoms with Gasteiger partial charge < -0.3 is 4.74 Å². The molecule has 7 heteroatoms. The van der Waals surface area contributed by atoms with Crippen molar-refractivity contribution in [2.75, 3.05) is 0 Å². The number of halogens is 2. The zero-order valence-corrected chi connectivity index (χ0v) is 10.5. The summed E-state index contributed by atoms with van der Waals surface area (Å²) in [7, 11) is 0. The van der Waals surface area contributed by atoms with E-state index in [1.165, 1.54) is 18.2 Å². The fourth-order valence-electron chi connectivity index (χ4n) is 1.64. The van der Waals surface area contributed by atoms with Crippen LogP contribution in [0.5, 0.6) is 5.75 Å². The highest BCUT2D eigenvalue weighted by Gasteiger charge is 2.16. The van der Waals surface area contributed by atoms with Gasteiger partial charge in [-0.3, -0.25) is 10.1 Å². The highest BCUT2D eigenvalue weighted by Crippen LogP contribution is 2.28. The highest BCUT2D eigenvalue weighted by atomic mass is 19.2. The van der Waals surface area contributed by atoms with Crippen molar-refractivity contribution in [3.05, 3.63) is 69.3 Å². The molecule has 0 heterocycles. The second-order valence-electron chi connectivity index (χ2n) is 4.09. The second kappa shape index (κ2) is 5.96. The lowest BCUT2D eigenvalue weighted by molar-refractivity contribution is -0.386. The van der Waals surface area contributed by atoms with Gasteiger partial charge >= 0.3 is 5.69 Å². The molecule has 0 aliphatic carbocycles. The molecule has 0 radical (unpaired) electrons. The molecule has 2 rings (SSSR count). The van der Waals surface area contributed by atoms with Crippen molar-refractivity contribution in [3.8, 4) is 11.8 Å². The minimum Gasteiger partial charge on any atom is -0.482 e. The Morgan fingerprint density at radius 1 is 1.19 bits per heavy atom. The van der Waals surface area contributed by atoms with E-state index in [-0.39, 0.29) is 23.6 Å². The van der Waals surface area contributed by atoms with Crippen LogP contribution in [0.4, 0.5) is 14.5 Å². The summed E-state index contributed by atoms with van der Waals surface area (Å²) in [6.07, 6.45) is 0. The molecule has 0 unspecified atom stereocenters. The Hall–Kier alpha value is -3.01. The van der Waals surface area contributed by atoms with Gasteiger partial charge in [-0.25, -0.2) is 8.78 Å². The van der Waals surface area contributed by atoms with Crippen LogP contribution in [-0.2, 0) is 6.61 Å². The molecule has 106 valence electrons. The number of rotatable bonds is 4. The maximum atomic E-state index is 13.0. The maximum absolute atomic E-state index is 13.0. The van der Waals surface area contributed by atoms with E-state index in [9.17, 15) is 18.9 Å². The summed E-state index contributed by atoms with van der Waals surface area (Å²) in [5, 5.41) is 19.6. The van der Waals surface area contributed by atoms with Gasteiger partial charge in [0, 0.05) is 6.07 Å². The second-order valence-corrected chi connectivity index (χ2v) is 4.09. The lowest BCUT2D eigenvalue weighted by Crippen LogP contribution is -2.00. The number of nitriles is 1. The molecule has 0 aliphatic rings. The van der Waals surface area contributed by atoms with Crippen LogP contribution in [0, 0.1) is 33.1 Å². The van der Waals surface area contributed by atoms with Crippen molar-refractivity contribution in [2.24, 2.45) is 0 Å². The van der Waals surface area contributed by atoms with Crippen LogP contribution >= 0.6 is 0 Å². The van der Waals surface area contributed by atoms with Crippen molar-refractivity contribution >= 4 is 5.69 Å². The molecule has 0 aromatic heterocycles. The predicted molar refractivity (Wildman–Crippen MR) is 68.5 cm³/mol. The van der Waals surface area contributed by atoms with E-state index in [1.54, 1.807) is 6.07 Å². The molecular weight excluding hydrogens is 282 g/mol. The smallest absolute Gasteiger partial charge is 0.312 e. The third kappa shape index (κ3) is 3.30. The van der Waals surface area contributed by atoms with Gasteiger partial charge in [0.15, 0.2) is 17.4 Å². The lowest BCUT2D eigenvalue weighted by Gasteiger charge is -2.07. The van der Waals surface area contributed by atoms with Gasteiger partial charge in [-0.05, 0) is 29.8 Å². The SMILES string of the molecule is N#Cc1ccc(OCc2ccc(F)c(F)c2)c([N+](=O)[O-])c1. The van der Waals surface area contributed by atoms with Crippen LogP contribution in [0.1, 0.15) is 11.1 Å². The normalized spacial score (nSPS) is 9.95. The number of nitro groups is 1. The van der Waals surface area contributed by atoms with Gasteiger partial charge in [0.25, 0.3) is 0 Å². The fraction of sp³-hybridized carbons (Fsp3) is 0.0714. The molecule has 0 saturated carbocycles. The Balaban J connectivity index is 2.21. The first-order chi connectivity index (χ1) is 10.0. The summed E-state index contributed by atoms with van der Waals surface area (Å²) in [6, 6.07) is 8.73. The number of benzene rings is 2. The van der Waals surface area contributed by atoms with Crippen LogP contribution in [-0.4, -0.2) is 4.92 Å². The summed E-state index contributed by atoms with van der Waals surface area (Å²) in [6.45, 7) is -0.163. The van der Waals surface area contributed by atoms with Gasteiger partial charge in [0.1, 0.15) is 6.61 Å². The van der Waals surface area contributed by atoms with Crippen molar-refractivity contribution in [2.45, 2.75) is 6.61 Å². The first-order valence-electron chi connectivity index (χ1n) is 5.76. The topological polar surface area (TPSA) is 76.2 Å². The van der Waals surface area contributed by atoms with E-state index in [0.29, 0.717) is 5.56 Å². The van der Waals surface area contributed by atoms with Crippen LogP contribution < -0.4 is 4.74 Å². The Bertz CT molecular complexity index is 741. The lowest BCUT2D eigenvalue weighted by atomic mass is 10.2. The van der Waals surface area contributed by atoms with Crippen LogP contribution in [0.3, 0.4) is 0 Å². The Kier molecular flexibility index (Phi) is 4.09. The number of nitro benzene ring substituents is 1. The van der Waals surface area contributed by atoms with E-state index in [1.807, 2.05) is 0 Å².